The number of hydrogen-bond donors (Lipinski definition) is 1. The van der Waals surface area contributed by atoms with Gasteiger partial charge in [-0.05, 0) is 60.9 Å². The number of methoxy groups -OCH3 is 1. The van der Waals surface area contributed by atoms with Crippen molar-refractivity contribution in [2.45, 2.75) is 17.7 Å². The van der Waals surface area contributed by atoms with Crippen LogP contribution in [0, 0.1) is 0 Å². The molecule has 0 saturated heterocycles. The molecule has 9 heteroatoms. The largest absolute Gasteiger partial charge is 0.465 e. The molecule has 3 aromatic rings. The van der Waals surface area contributed by atoms with Gasteiger partial charge in [-0.2, -0.15) is 0 Å². The molecular formula is C24H21BrN2O5S. The van der Waals surface area contributed by atoms with Crippen molar-refractivity contribution >= 4 is 49.2 Å². The second-order valence-corrected chi connectivity index (χ2v) is 10.3. The summed E-state index contributed by atoms with van der Waals surface area (Å²) in [5.74, 6) is -1.15. The molecule has 1 aliphatic rings. The van der Waals surface area contributed by atoms with Gasteiger partial charge in [-0.1, -0.05) is 40.2 Å². The first-order valence-corrected chi connectivity index (χ1v) is 12.4. The second kappa shape index (κ2) is 9.36. The molecule has 0 unspecified atom stereocenters. The van der Waals surface area contributed by atoms with Gasteiger partial charge >= 0.3 is 5.97 Å². The monoisotopic (exact) mass is 528 g/mol. The van der Waals surface area contributed by atoms with Crippen LogP contribution in [0.2, 0.25) is 0 Å². The molecule has 4 rings (SSSR count). The van der Waals surface area contributed by atoms with Crippen LogP contribution in [0.4, 0.5) is 11.4 Å². The molecular weight excluding hydrogens is 508 g/mol. The number of nitrogens with zero attached hydrogens (tertiary/aromatic N) is 1. The Bertz CT molecular complexity index is 1340. The summed E-state index contributed by atoms with van der Waals surface area (Å²) >= 11 is 3.29. The van der Waals surface area contributed by atoms with E-state index in [0.717, 1.165) is 18.4 Å². The third kappa shape index (κ3) is 4.65. The van der Waals surface area contributed by atoms with Crippen LogP contribution in [-0.4, -0.2) is 33.9 Å². The Morgan fingerprint density at radius 1 is 1.03 bits per heavy atom. The number of carbonyl (C=O) groups is 2. The molecule has 1 aliphatic heterocycles. The van der Waals surface area contributed by atoms with Gasteiger partial charge in [0.1, 0.15) is 0 Å². The molecule has 0 radical (unpaired) electrons. The number of halogens is 1. The van der Waals surface area contributed by atoms with Gasteiger partial charge in [0.25, 0.3) is 15.9 Å². The number of amides is 1. The van der Waals surface area contributed by atoms with E-state index in [-0.39, 0.29) is 21.7 Å². The molecule has 0 saturated carbocycles. The number of benzene rings is 3. The van der Waals surface area contributed by atoms with Crippen LogP contribution in [-0.2, 0) is 21.2 Å². The Hall–Kier alpha value is -3.17. The molecule has 0 spiro atoms. The Kier molecular flexibility index (Phi) is 6.53. The van der Waals surface area contributed by atoms with Crippen LogP contribution < -0.4 is 9.62 Å². The Balaban J connectivity index is 1.64. The van der Waals surface area contributed by atoms with Gasteiger partial charge in [0.2, 0.25) is 0 Å². The molecule has 1 N–H and O–H groups in total. The molecule has 7 nitrogen and oxygen atoms in total. The van der Waals surface area contributed by atoms with E-state index in [1.54, 1.807) is 18.2 Å². The lowest BCUT2D eigenvalue weighted by atomic mass is 10.0. The molecule has 3 aromatic carbocycles. The van der Waals surface area contributed by atoms with Crippen LogP contribution >= 0.6 is 15.9 Å². The zero-order valence-electron chi connectivity index (χ0n) is 17.7. The zero-order valence-corrected chi connectivity index (χ0v) is 20.1. The van der Waals surface area contributed by atoms with Gasteiger partial charge in [0, 0.05) is 16.6 Å². The van der Waals surface area contributed by atoms with Gasteiger partial charge in [-0.15, -0.1) is 0 Å². The molecule has 0 aromatic heterocycles. The Morgan fingerprint density at radius 3 is 2.61 bits per heavy atom. The van der Waals surface area contributed by atoms with Crippen LogP contribution in [0.5, 0.6) is 0 Å². The third-order valence-electron chi connectivity index (χ3n) is 5.39. The fourth-order valence-corrected chi connectivity index (χ4v) is 5.72. The number of hydrogen-bond acceptors (Lipinski definition) is 5. The second-order valence-electron chi connectivity index (χ2n) is 7.47. The Labute approximate surface area is 200 Å². The van der Waals surface area contributed by atoms with E-state index in [9.17, 15) is 18.0 Å². The van der Waals surface area contributed by atoms with Crippen molar-refractivity contribution in [3.8, 4) is 0 Å². The topological polar surface area (TPSA) is 92.8 Å². The number of carbonyl (C=O) groups excluding carboxylic acids is 2. The van der Waals surface area contributed by atoms with Crippen molar-refractivity contribution in [1.82, 2.24) is 0 Å². The highest BCUT2D eigenvalue weighted by molar-refractivity contribution is 9.10. The van der Waals surface area contributed by atoms with Crippen LogP contribution in [0.15, 0.2) is 76.1 Å². The molecule has 1 heterocycles. The number of ether oxygens (including phenoxy) is 1. The molecule has 170 valence electrons. The average Bonchev–Trinajstić information content (AvgIpc) is 2.84. The van der Waals surface area contributed by atoms with Gasteiger partial charge in [-0.3, -0.25) is 9.10 Å². The first kappa shape index (κ1) is 23.0. The number of sulfonamides is 1. The third-order valence-corrected chi connectivity index (χ3v) is 7.69. The van der Waals surface area contributed by atoms with Crippen molar-refractivity contribution in [3.63, 3.8) is 0 Å². The first-order valence-electron chi connectivity index (χ1n) is 10.2. The maximum absolute atomic E-state index is 13.4. The van der Waals surface area contributed by atoms with E-state index >= 15 is 0 Å². The predicted molar refractivity (Wildman–Crippen MR) is 129 cm³/mol. The average molecular weight is 529 g/mol. The van der Waals surface area contributed by atoms with E-state index in [0.29, 0.717) is 16.7 Å². The number of aryl methyl sites for hydroxylation is 1. The van der Waals surface area contributed by atoms with Gasteiger partial charge in [0.05, 0.1) is 28.9 Å². The molecule has 0 atom stereocenters. The van der Waals surface area contributed by atoms with Gasteiger partial charge < -0.3 is 10.1 Å². The minimum Gasteiger partial charge on any atom is -0.465 e. The van der Waals surface area contributed by atoms with Gasteiger partial charge in [0.15, 0.2) is 0 Å². The van der Waals surface area contributed by atoms with Crippen LogP contribution in [0.3, 0.4) is 0 Å². The number of para-hydroxylation sites is 1. The van der Waals surface area contributed by atoms with Crippen molar-refractivity contribution < 1.29 is 22.7 Å². The van der Waals surface area contributed by atoms with Crippen LogP contribution in [0.25, 0.3) is 0 Å². The van der Waals surface area contributed by atoms with E-state index in [1.165, 1.54) is 41.7 Å². The number of fused-ring (bicyclic) bond motifs is 1. The summed E-state index contributed by atoms with van der Waals surface area (Å²) in [6.45, 7) is 0.372. The lowest BCUT2D eigenvalue weighted by Gasteiger charge is -2.30. The molecule has 33 heavy (non-hydrogen) atoms. The number of rotatable bonds is 5. The number of anilines is 2. The van der Waals surface area contributed by atoms with Crippen LogP contribution in [0.1, 0.15) is 32.7 Å². The van der Waals surface area contributed by atoms with Crippen molar-refractivity contribution in [1.29, 1.82) is 0 Å². The highest BCUT2D eigenvalue weighted by atomic mass is 79.9. The number of esters is 1. The fraction of sp³-hybridized carbons (Fsp3) is 0.167. The van der Waals surface area contributed by atoms with E-state index in [1.807, 2.05) is 18.2 Å². The number of nitrogens with one attached hydrogen (secondary N) is 1. The molecule has 0 bridgehead atoms. The van der Waals surface area contributed by atoms with E-state index < -0.39 is 21.9 Å². The molecule has 0 aliphatic carbocycles. The maximum Gasteiger partial charge on any atom is 0.340 e. The first-order chi connectivity index (χ1) is 15.8. The zero-order chi connectivity index (χ0) is 23.6. The van der Waals surface area contributed by atoms with Crippen molar-refractivity contribution in [3.05, 3.63) is 87.9 Å². The minimum atomic E-state index is -3.86. The fourth-order valence-electron chi connectivity index (χ4n) is 3.77. The SMILES string of the molecule is COC(=O)c1cc(Br)ccc1NC(=O)c1cccc(S(=O)(=O)N2CCCc3ccccc32)c1. The molecule has 0 fully saturated rings. The quantitative estimate of drug-likeness (QED) is 0.487. The lowest BCUT2D eigenvalue weighted by molar-refractivity contribution is 0.0602. The van der Waals surface area contributed by atoms with Crippen molar-refractivity contribution in [2.24, 2.45) is 0 Å². The van der Waals surface area contributed by atoms with Gasteiger partial charge in [-0.25, -0.2) is 13.2 Å². The predicted octanol–water partition coefficient (Wildman–Crippen LogP) is 4.63. The molecule has 1 amide bonds. The summed E-state index contributed by atoms with van der Waals surface area (Å²) in [7, 11) is -2.61. The minimum absolute atomic E-state index is 0.0239. The Morgan fingerprint density at radius 2 is 1.82 bits per heavy atom. The summed E-state index contributed by atoms with van der Waals surface area (Å²) in [5, 5.41) is 2.67. The summed E-state index contributed by atoms with van der Waals surface area (Å²) in [5.41, 5.74) is 2.23. The van der Waals surface area contributed by atoms with E-state index in [2.05, 4.69) is 21.2 Å². The standard InChI is InChI=1S/C24H21BrN2O5S/c1-32-24(29)20-15-18(25)11-12-21(20)26-23(28)17-7-4-9-19(14-17)33(30,31)27-13-5-8-16-6-2-3-10-22(16)27/h2-4,6-7,9-12,14-15H,5,8,13H2,1H3,(H,26,28). The lowest BCUT2D eigenvalue weighted by Crippen LogP contribution is -2.35. The summed E-state index contributed by atoms with van der Waals surface area (Å²) in [6, 6.07) is 18.1. The highest BCUT2D eigenvalue weighted by Crippen LogP contribution is 2.32. The smallest absolute Gasteiger partial charge is 0.340 e. The maximum atomic E-state index is 13.4. The summed E-state index contributed by atoms with van der Waals surface area (Å²) in [6.07, 6.45) is 1.54. The van der Waals surface area contributed by atoms with Crippen molar-refractivity contribution in [2.75, 3.05) is 23.3 Å². The van der Waals surface area contributed by atoms with E-state index in [4.69, 9.17) is 4.74 Å². The summed E-state index contributed by atoms with van der Waals surface area (Å²) in [4.78, 5) is 25.0. The summed E-state index contributed by atoms with van der Waals surface area (Å²) < 4.78 is 33.7. The highest BCUT2D eigenvalue weighted by Gasteiger charge is 2.29. The normalized spacial score (nSPS) is 13.2.